The number of nitrogens with zero attached hydrogens (tertiary/aromatic N) is 1. The highest BCUT2D eigenvalue weighted by atomic mass is 19.1. The van der Waals surface area contributed by atoms with Crippen molar-refractivity contribution in [3.63, 3.8) is 0 Å². The molecule has 3 aliphatic heterocycles. The van der Waals surface area contributed by atoms with Crippen molar-refractivity contribution in [2.75, 3.05) is 32.8 Å². The normalized spacial score (nSPS) is 37.4. The minimum absolute atomic E-state index is 0.236. The first-order valence-electron chi connectivity index (χ1n) is 8.88. The van der Waals surface area contributed by atoms with Crippen molar-refractivity contribution in [3.8, 4) is 0 Å². The molecule has 3 saturated heterocycles. The standard InChI is InChI=1S/C18H25F2N3O/c19-13-1-2-16(20)15(5-13)18-17(21)6-14(10-24-18)23-4-3-11-7-22-8-12(11)9-23/h1-2,5,11-12,14,17-18,22H,3-4,6-10,21H2. The molecule has 0 aromatic heterocycles. The first-order chi connectivity index (χ1) is 11.6. The molecule has 3 aliphatic rings. The van der Waals surface area contributed by atoms with Gasteiger partial charge in [0.1, 0.15) is 17.7 Å². The maximum atomic E-state index is 14.0. The highest BCUT2D eigenvalue weighted by molar-refractivity contribution is 5.23. The molecule has 0 saturated carbocycles. The summed E-state index contributed by atoms with van der Waals surface area (Å²) in [6, 6.07) is 3.42. The van der Waals surface area contributed by atoms with E-state index in [1.165, 1.54) is 12.5 Å². The van der Waals surface area contributed by atoms with E-state index in [0.717, 1.165) is 50.7 Å². The van der Waals surface area contributed by atoms with Gasteiger partial charge in [-0.15, -0.1) is 0 Å². The zero-order valence-corrected chi connectivity index (χ0v) is 13.8. The van der Waals surface area contributed by atoms with E-state index < -0.39 is 17.7 Å². The molecule has 1 aromatic rings. The Hall–Kier alpha value is -1.08. The van der Waals surface area contributed by atoms with Crippen LogP contribution in [0.4, 0.5) is 8.78 Å². The maximum absolute atomic E-state index is 14.0. The van der Waals surface area contributed by atoms with E-state index in [0.29, 0.717) is 12.5 Å². The lowest BCUT2D eigenvalue weighted by molar-refractivity contribution is -0.0616. The fraction of sp³-hybridized carbons (Fsp3) is 0.667. The second-order valence-corrected chi connectivity index (χ2v) is 7.44. The molecule has 1 aromatic carbocycles. The van der Waals surface area contributed by atoms with Gasteiger partial charge in [0.25, 0.3) is 0 Å². The molecule has 4 rings (SSSR count). The SMILES string of the molecule is NC1CC(N2CCC3CNCC3C2)COC1c1cc(F)ccc1F. The van der Waals surface area contributed by atoms with Crippen LogP contribution in [0.1, 0.15) is 24.5 Å². The van der Waals surface area contributed by atoms with Crippen molar-refractivity contribution in [3.05, 3.63) is 35.4 Å². The average Bonchev–Trinajstić information content (AvgIpc) is 3.05. The topological polar surface area (TPSA) is 50.5 Å². The summed E-state index contributed by atoms with van der Waals surface area (Å²) in [5.74, 6) is 0.607. The zero-order chi connectivity index (χ0) is 16.7. The van der Waals surface area contributed by atoms with Crippen LogP contribution in [0.2, 0.25) is 0 Å². The van der Waals surface area contributed by atoms with Gasteiger partial charge in [0.2, 0.25) is 0 Å². The Balaban J connectivity index is 1.42. The molecule has 132 valence electrons. The van der Waals surface area contributed by atoms with Crippen LogP contribution < -0.4 is 11.1 Å². The summed E-state index contributed by atoms with van der Waals surface area (Å²) in [6.45, 7) is 4.91. The first-order valence-corrected chi connectivity index (χ1v) is 8.88. The van der Waals surface area contributed by atoms with Crippen LogP contribution in [0.25, 0.3) is 0 Å². The lowest BCUT2D eigenvalue weighted by Crippen LogP contribution is -2.53. The number of ether oxygens (including phenoxy) is 1. The quantitative estimate of drug-likeness (QED) is 0.862. The Morgan fingerprint density at radius 1 is 1.21 bits per heavy atom. The van der Waals surface area contributed by atoms with E-state index in [9.17, 15) is 8.78 Å². The van der Waals surface area contributed by atoms with Crippen LogP contribution in [0, 0.1) is 23.5 Å². The van der Waals surface area contributed by atoms with E-state index in [-0.39, 0.29) is 17.6 Å². The number of hydrogen-bond acceptors (Lipinski definition) is 4. The Morgan fingerprint density at radius 2 is 2.04 bits per heavy atom. The number of benzene rings is 1. The van der Waals surface area contributed by atoms with Gasteiger partial charge in [-0.2, -0.15) is 0 Å². The van der Waals surface area contributed by atoms with Crippen LogP contribution in [-0.4, -0.2) is 49.8 Å². The van der Waals surface area contributed by atoms with Gasteiger partial charge in [0, 0.05) is 24.2 Å². The molecule has 5 atom stereocenters. The van der Waals surface area contributed by atoms with Gasteiger partial charge in [-0.3, -0.25) is 4.90 Å². The third kappa shape index (κ3) is 3.08. The second-order valence-electron chi connectivity index (χ2n) is 7.44. The molecular formula is C18H25F2N3O. The van der Waals surface area contributed by atoms with Gasteiger partial charge in [-0.25, -0.2) is 8.78 Å². The highest BCUT2D eigenvalue weighted by Crippen LogP contribution is 2.34. The largest absolute Gasteiger partial charge is 0.370 e. The van der Waals surface area contributed by atoms with Crippen LogP contribution >= 0.6 is 0 Å². The van der Waals surface area contributed by atoms with Crippen molar-refractivity contribution >= 4 is 0 Å². The fourth-order valence-corrected chi connectivity index (χ4v) is 4.55. The zero-order valence-electron chi connectivity index (χ0n) is 13.8. The Labute approximate surface area is 141 Å². The number of fused-ring (bicyclic) bond motifs is 1. The Kier molecular flexibility index (Phi) is 4.56. The molecule has 0 amide bonds. The van der Waals surface area contributed by atoms with Gasteiger partial charge >= 0.3 is 0 Å². The van der Waals surface area contributed by atoms with E-state index >= 15 is 0 Å². The monoisotopic (exact) mass is 337 g/mol. The average molecular weight is 337 g/mol. The summed E-state index contributed by atoms with van der Waals surface area (Å²) in [5, 5.41) is 3.48. The highest BCUT2D eigenvalue weighted by Gasteiger charge is 2.39. The molecule has 24 heavy (non-hydrogen) atoms. The molecular weight excluding hydrogens is 312 g/mol. The lowest BCUT2D eigenvalue weighted by atomic mass is 9.86. The number of halogens is 2. The summed E-state index contributed by atoms with van der Waals surface area (Å²) in [7, 11) is 0. The number of nitrogens with two attached hydrogens (primary N) is 1. The second kappa shape index (κ2) is 6.67. The molecule has 6 heteroatoms. The number of likely N-dealkylation sites (tertiary alicyclic amines) is 1. The Morgan fingerprint density at radius 3 is 2.88 bits per heavy atom. The molecule has 3 fully saturated rings. The van der Waals surface area contributed by atoms with Crippen molar-refractivity contribution in [1.29, 1.82) is 0 Å². The summed E-state index contributed by atoms with van der Waals surface area (Å²) in [4.78, 5) is 2.48. The fourth-order valence-electron chi connectivity index (χ4n) is 4.55. The summed E-state index contributed by atoms with van der Waals surface area (Å²) in [6.07, 6.45) is 1.40. The van der Waals surface area contributed by atoms with Gasteiger partial charge in [0.05, 0.1) is 6.61 Å². The lowest BCUT2D eigenvalue weighted by Gasteiger charge is -2.44. The Bertz CT molecular complexity index is 600. The molecule has 0 aliphatic carbocycles. The van der Waals surface area contributed by atoms with Gasteiger partial charge < -0.3 is 15.8 Å². The van der Waals surface area contributed by atoms with Crippen LogP contribution in [0.15, 0.2) is 18.2 Å². The van der Waals surface area contributed by atoms with Crippen molar-refractivity contribution < 1.29 is 13.5 Å². The minimum atomic E-state index is -0.567. The third-order valence-corrected chi connectivity index (χ3v) is 5.92. The van der Waals surface area contributed by atoms with Gasteiger partial charge in [0.15, 0.2) is 0 Å². The molecule has 4 nitrogen and oxygen atoms in total. The predicted octanol–water partition coefficient (Wildman–Crippen LogP) is 1.66. The van der Waals surface area contributed by atoms with E-state index in [1.807, 2.05) is 0 Å². The van der Waals surface area contributed by atoms with Crippen LogP contribution in [-0.2, 0) is 4.74 Å². The molecule has 3 N–H and O–H groups in total. The smallest absolute Gasteiger partial charge is 0.129 e. The van der Waals surface area contributed by atoms with Gasteiger partial charge in [-0.1, -0.05) is 0 Å². The maximum Gasteiger partial charge on any atom is 0.129 e. The summed E-state index contributed by atoms with van der Waals surface area (Å²) < 4.78 is 33.4. The summed E-state index contributed by atoms with van der Waals surface area (Å²) in [5.41, 5.74) is 6.52. The van der Waals surface area contributed by atoms with E-state index in [4.69, 9.17) is 10.5 Å². The van der Waals surface area contributed by atoms with Crippen LogP contribution in [0.5, 0.6) is 0 Å². The molecule has 0 spiro atoms. The summed E-state index contributed by atoms with van der Waals surface area (Å²) >= 11 is 0. The van der Waals surface area contributed by atoms with Crippen molar-refractivity contribution in [2.24, 2.45) is 17.6 Å². The number of rotatable bonds is 2. The molecule has 0 radical (unpaired) electrons. The van der Waals surface area contributed by atoms with Crippen molar-refractivity contribution in [2.45, 2.75) is 31.0 Å². The number of piperidine rings is 1. The van der Waals surface area contributed by atoms with E-state index in [2.05, 4.69) is 10.2 Å². The predicted molar refractivity (Wildman–Crippen MR) is 87.5 cm³/mol. The first kappa shape index (κ1) is 16.4. The van der Waals surface area contributed by atoms with E-state index in [1.54, 1.807) is 0 Å². The van der Waals surface area contributed by atoms with Crippen molar-refractivity contribution in [1.82, 2.24) is 10.2 Å². The van der Waals surface area contributed by atoms with Gasteiger partial charge in [-0.05, 0) is 62.5 Å². The number of nitrogens with one attached hydrogen (secondary N) is 1. The third-order valence-electron chi connectivity index (χ3n) is 5.92. The molecule has 5 unspecified atom stereocenters. The number of hydrogen-bond donors (Lipinski definition) is 2. The van der Waals surface area contributed by atoms with Crippen LogP contribution in [0.3, 0.4) is 0 Å². The molecule has 3 heterocycles. The minimum Gasteiger partial charge on any atom is -0.370 e. The molecule has 0 bridgehead atoms.